The van der Waals surface area contributed by atoms with Crippen molar-refractivity contribution in [2.75, 3.05) is 18.8 Å². The van der Waals surface area contributed by atoms with Crippen molar-refractivity contribution in [1.82, 2.24) is 25.0 Å². The Morgan fingerprint density at radius 2 is 1.80 bits per heavy atom. The summed E-state index contributed by atoms with van der Waals surface area (Å²) in [6, 6.07) is 9.76. The van der Waals surface area contributed by atoms with Gasteiger partial charge in [0, 0.05) is 0 Å². The summed E-state index contributed by atoms with van der Waals surface area (Å²) in [6.07, 6.45) is 2.45. The summed E-state index contributed by atoms with van der Waals surface area (Å²) >= 11 is 1.37. The average Bonchev–Trinajstić information content (AvgIpc) is 3.36. The van der Waals surface area contributed by atoms with Crippen LogP contribution < -0.4 is 5.32 Å². The highest BCUT2D eigenvalue weighted by Gasteiger charge is 2.22. The van der Waals surface area contributed by atoms with Gasteiger partial charge < -0.3 is 9.88 Å². The van der Waals surface area contributed by atoms with Crippen LogP contribution in [0.1, 0.15) is 45.0 Å². The Bertz CT molecular complexity index is 846. The van der Waals surface area contributed by atoms with Gasteiger partial charge in [-0.25, -0.2) is 0 Å². The maximum absolute atomic E-state index is 12.4. The molecule has 8 heteroatoms. The van der Waals surface area contributed by atoms with Crippen LogP contribution in [0.15, 0.2) is 35.5 Å². The van der Waals surface area contributed by atoms with E-state index >= 15 is 0 Å². The number of nitrogens with one attached hydrogen (secondary N) is 1. The summed E-state index contributed by atoms with van der Waals surface area (Å²) in [7, 11) is 0. The van der Waals surface area contributed by atoms with Gasteiger partial charge in [-0.2, -0.15) is 0 Å². The third kappa shape index (κ3) is 6.15. The van der Waals surface area contributed by atoms with Crippen LogP contribution in [0.5, 0.6) is 0 Å². The van der Waals surface area contributed by atoms with Gasteiger partial charge in [0.05, 0.1) is 24.9 Å². The summed E-state index contributed by atoms with van der Waals surface area (Å²) in [5, 5.41) is 12.4. The molecule has 162 valence electrons. The summed E-state index contributed by atoms with van der Waals surface area (Å²) in [6.45, 7) is 8.99. The molecule has 0 radical (unpaired) electrons. The van der Waals surface area contributed by atoms with Crippen LogP contribution in [0.2, 0.25) is 0 Å². The molecule has 7 nitrogen and oxygen atoms in total. The lowest BCUT2D eigenvalue weighted by Crippen LogP contribution is -2.44. The third-order valence-electron chi connectivity index (χ3n) is 5.29. The van der Waals surface area contributed by atoms with Crippen molar-refractivity contribution < 1.29 is 9.59 Å². The standard InChI is InChI=1S/C22H31N5O2S/c1-16(2)21(17(3)28)23-20(29)15-30-22-25-24-19(14-26-11-7-8-12-26)27(22)13-18-9-5-4-6-10-18/h4-6,9-10,16,21H,7-8,11-15H2,1-3H3,(H,23,29). The predicted octanol–water partition coefficient (Wildman–Crippen LogP) is 2.74. The molecule has 2 aromatic rings. The molecule has 1 amide bonds. The van der Waals surface area contributed by atoms with Crippen LogP contribution in [0, 0.1) is 5.92 Å². The normalized spacial score (nSPS) is 15.5. The zero-order chi connectivity index (χ0) is 21.5. The molecule has 1 aromatic heterocycles. The molecule has 1 saturated heterocycles. The van der Waals surface area contributed by atoms with E-state index in [2.05, 4.69) is 37.1 Å². The zero-order valence-electron chi connectivity index (χ0n) is 18.0. The van der Waals surface area contributed by atoms with E-state index in [1.807, 2.05) is 32.0 Å². The fraction of sp³-hybridized carbons (Fsp3) is 0.545. The smallest absolute Gasteiger partial charge is 0.231 e. The number of hydrogen-bond donors (Lipinski definition) is 1. The van der Waals surface area contributed by atoms with Gasteiger partial charge in [-0.3, -0.25) is 14.5 Å². The molecule has 2 heterocycles. The van der Waals surface area contributed by atoms with Crippen molar-refractivity contribution in [1.29, 1.82) is 0 Å². The number of carbonyl (C=O) groups is 2. The second-order valence-corrected chi connectivity index (χ2v) is 9.08. The highest BCUT2D eigenvalue weighted by Crippen LogP contribution is 2.21. The van der Waals surface area contributed by atoms with Crippen molar-refractivity contribution in [3.05, 3.63) is 41.7 Å². The number of hydrogen-bond acceptors (Lipinski definition) is 6. The Labute approximate surface area is 182 Å². The van der Waals surface area contributed by atoms with Crippen molar-refractivity contribution in [3.63, 3.8) is 0 Å². The number of carbonyl (C=O) groups excluding carboxylic acids is 2. The Kier molecular flexibility index (Phi) is 8.04. The van der Waals surface area contributed by atoms with Gasteiger partial charge >= 0.3 is 0 Å². The molecule has 1 atom stereocenters. The van der Waals surface area contributed by atoms with E-state index in [4.69, 9.17) is 0 Å². The maximum Gasteiger partial charge on any atom is 0.231 e. The topological polar surface area (TPSA) is 80.1 Å². The fourth-order valence-corrected chi connectivity index (χ4v) is 4.46. The second kappa shape index (κ2) is 10.7. The number of rotatable bonds is 10. The number of amides is 1. The number of thioether (sulfide) groups is 1. The number of ketones is 1. The molecule has 0 spiro atoms. The van der Waals surface area contributed by atoms with E-state index in [0.717, 1.165) is 30.6 Å². The summed E-state index contributed by atoms with van der Waals surface area (Å²) < 4.78 is 2.11. The minimum Gasteiger partial charge on any atom is -0.345 e. The second-order valence-electron chi connectivity index (χ2n) is 8.14. The van der Waals surface area contributed by atoms with Crippen molar-refractivity contribution >= 4 is 23.5 Å². The molecule has 1 aromatic carbocycles. The van der Waals surface area contributed by atoms with Crippen molar-refractivity contribution in [3.8, 4) is 0 Å². The van der Waals surface area contributed by atoms with Crippen LogP contribution in [0.4, 0.5) is 0 Å². The molecule has 0 bridgehead atoms. The Morgan fingerprint density at radius 3 is 2.43 bits per heavy atom. The lowest BCUT2D eigenvalue weighted by Gasteiger charge is -2.19. The molecule has 0 saturated carbocycles. The van der Waals surface area contributed by atoms with Crippen molar-refractivity contribution in [2.45, 2.75) is 57.9 Å². The van der Waals surface area contributed by atoms with Crippen LogP contribution in [0.25, 0.3) is 0 Å². The lowest BCUT2D eigenvalue weighted by molar-refractivity contribution is -0.126. The molecule has 3 rings (SSSR count). The molecule has 1 aliphatic heterocycles. The quantitative estimate of drug-likeness (QED) is 0.585. The van der Waals surface area contributed by atoms with E-state index < -0.39 is 6.04 Å². The highest BCUT2D eigenvalue weighted by molar-refractivity contribution is 7.99. The van der Waals surface area contributed by atoms with E-state index in [0.29, 0.717) is 6.54 Å². The van der Waals surface area contributed by atoms with E-state index in [9.17, 15) is 9.59 Å². The number of nitrogens with zero attached hydrogens (tertiary/aromatic N) is 4. The van der Waals surface area contributed by atoms with Gasteiger partial charge in [0.15, 0.2) is 10.9 Å². The first kappa shape index (κ1) is 22.5. The van der Waals surface area contributed by atoms with Crippen molar-refractivity contribution in [2.24, 2.45) is 5.92 Å². The molecular weight excluding hydrogens is 398 g/mol. The fourth-order valence-electron chi connectivity index (χ4n) is 3.69. The van der Waals surface area contributed by atoms with E-state index in [-0.39, 0.29) is 23.4 Å². The Balaban J connectivity index is 1.70. The van der Waals surface area contributed by atoms with Crippen LogP contribution in [-0.2, 0) is 22.7 Å². The van der Waals surface area contributed by atoms with E-state index in [1.165, 1.54) is 37.1 Å². The van der Waals surface area contributed by atoms with Crippen LogP contribution >= 0.6 is 11.8 Å². The summed E-state index contributed by atoms with van der Waals surface area (Å²) in [5.74, 6) is 0.998. The highest BCUT2D eigenvalue weighted by atomic mass is 32.2. The Hall–Kier alpha value is -2.19. The van der Waals surface area contributed by atoms with Gasteiger partial charge in [0.2, 0.25) is 5.91 Å². The van der Waals surface area contributed by atoms with Gasteiger partial charge in [-0.05, 0) is 44.3 Å². The van der Waals surface area contributed by atoms with E-state index in [1.54, 1.807) is 0 Å². The lowest BCUT2D eigenvalue weighted by atomic mass is 10.0. The molecule has 30 heavy (non-hydrogen) atoms. The predicted molar refractivity (Wildman–Crippen MR) is 118 cm³/mol. The first-order chi connectivity index (χ1) is 14.4. The molecular formula is C22H31N5O2S. The molecule has 1 unspecified atom stereocenters. The third-order valence-corrected chi connectivity index (χ3v) is 6.26. The first-order valence-electron chi connectivity index (χ1n) is 10.5. The minimum atomic E-state index is -0.453. The molecule has 1 fully saturated rings. The van der Waals surface area contributed by atoms with Crippen LogP contribution in [-0.4, -0.2) is 56.2 Å². The number of Topliss-reactive ketones (excluding diaryl/α,β-unsaturated/α-hetero) is 1. The minimum absolute atomic E-state index is 0.0245. The molecule has 1 aliphatic rings. The monoisotopic (exact) mass is 429 g/mol. The number of aromatic nitrogens is 3. The Morgan fingerprint density at radius 1 is 1.10 bits per heavy atom. The summed E-state index contributed by atoms with van der Waals surface area (Å²) in [4.78, 5) is 26.6. The van der Waals surface area contributed by atoms with Gasteiger partial charge in [-0.1, -0.05) is 55.9 Å². The summed E-state index contributed by atoms with van der Waals surface area (Å²) in [5.41, 5.74) is 1.17. The SMILES string of the molecule is CC(=O)C(NC(=O)CSc1nnc(CN2CCCC2)n1Cc1ccccc1)C(C)C. The van der Waals surface area contributed by atoms with Gasteiger partial charge in [-0.15, -0.1) is 10.2 Å². The number of likely N-dealkylation sites (tertiary alicyclic amines) is 1. The average molecular weight is 430 g/mol. The molecule has 1 N–H and O–H groups in total. The first-order valence-corrected chi connectivity index (χ1v) is 11.5. The van der Waals surface area contributed by atoms with Crippen LogP contribution in [0.3, 0.4) is 0 Å². The van der Waals surface area contributed by atoms with Gasteiger partial charge in [0.25, 0.3) is 0 Å². The maximum atomic E-state index is 12.4. The molecule has 0 aliphatic carbocycles. The van der Waals surface area contributed by atoms with Gasteiger partial charge in [0.1, 0.15) is 5.82 Å². The largest absolute Gasteiger partial charge is 0.345 e. The number of benzene rings is 1. The zero-order valence-corrected chi connectivity index (χ0v) is 18.8.